The van der Waals surface area contributed by atoms with Crippen LogP contribution in [0, 0.1) is 0 Å². The van der Waals surface area contributed by atoms with Gasteiger partial charge in [0, 0.05) is 24.8 Å². The minimum atomic E-state index is -0.436. The van der Waals surface area contributed by atoms with Gasteiger partial charge in [0.15, 0.2) is 6.61 Å². The highest BCUT2D eigenvalue weighted by Crippen LogP contribution is 2.17. The van der Waals surface area contributed by atoms with Gasteiger partial charge in [-0.25, -0.2) is 9.78 Å². The van der Waals surface area contributed by atoms with Crippen molar-refractivity contribution >= 4 is 11.9 Å². The topological polar surface area (TPSA) is 73.8 Å². The van der Waals surface area contributed by atoms with Gasteiger partial charge >= 0.3 is 5.97 Å². The molecule has 0 spiro atoms. The molecule has 2 rings (SSSR count). The first-order chi connectivity index (χ1) is 9.72. The molecule has 0 aromatic carbocycles. The Hall–Kier alpha value is -1.89. The first kappa shape index (κ1) is 14.5. The summed E-state index contributed by atoms with van der Waals surface area (Å²) >= 11 is 0. The third kappa shape index (κ3) is 3.80. The van der Waals surface area contributed by atoms with Gasteiger partial charge in [0.2, 0.25) is 11.8 Å². The lowest BCUT2D eigenvalue weighted by Crippen LogP contribution is -2.37. The van der Waals surface area contributed by atoms with E-state index in [1.807, 2.05) is 11.8 Å². The minimum absolute atomic E-state index is 0.154. The van der Waals surface area contributed by atoms with E-state index in [0.29, 0.717) is 25.0 Å². The smallest absolute Gasteiger partial charge is 0.343 e. The Labute approximate surface area is 117 Å². The van der Waals surface area contributed by atoms with E-state index in [2.05, 4.69) is 14.7 Å². The highest BCUT2D eigenvalue weighted by atomic mass is 16.6. The van der Waals surface area contributed by atoms with Gasteiger partial charge < -0.3 is 19.1 Å². The number of aromatic nitrogens is 2. The minimum Gasteiger partial charge on any atom is -0.466 e. The molecule has 7 heteroatoms. The normalized spacial score (nSPS) is 15.0. The standard InChI is InChI=1S/C13H19N3O4/c1-3-10-8-11(20-9-12(17)18-2)15-13(14-10)16-4-6-19-7-5-16/h8H,3-7,9H2,1-2H3. The molecule has 0 aliphatic carbocycles. The Kier molecular flexibility index (Phi) is 5.11. The van der Waals surface area contributed by atoms with Crippen LogP contribution >= 0.6 is 0 Å². The van der Waals surface area contributed by atoms with Crippen molar-refractivity contribution in [2.45, 2.75) is 13.3 Å². The quantitative estimate of drug-likeness (QED) is 0.724. The van der Waals surface area contributed by atoms with E-state index in [-0.39, 0.29) is 6.61 Å². The largest absolute Gasteiger partial charge is 0.466 e. The second kappa shape index (κ2) is 7.04. The van der Waals surface area contributed by atoms with Gasteiger partial charge in [-0.05, 0) is 6.42 Å². The Morgan fingerprint density at radius 1 is 1.40 bits per heavy atom. The fourth-order valence-corrected chi connectivity index (χ4v) is 1.81. The zero-order valence-electron chi connectivity index (χ0n) is 11.8. The maximum Gasteiger partial charge on any atom is 0.343 e. The van der Waals surface area contributed by atoms with Crippen LogP contribution in [0.2, 0.25) is 0 Å². The molecule has 0 radical (unpaired) electrons. The zero-order valence-corrected chi connectivity index (χ0v) is 11.8. The summed E-state index contributed by atoms with van der Waals surface area (Å²) in [5.74, 6) is 0.575. The molecule has 1 saturated heterocycles. The van der Waals surface area contributed by atoms with Crippen molar-refractivity contribution in [3.8, 4) is 5.88 Å². The molecular weight excluding hydrogens is 262 g/mol. The summed E-state index contributed by atoms with van der Waals surface area (Å²) in [6.07, 6.45) is 0.772. The molecule has 1 aliphatic rings. The molecule has 0 unspecified atom stereocenters. The first-order valence-electron chi connectivity index (χ1n) is 6.63. The van der Waals surface area contributed by atoms with E-state index >= 15 is 0 Å². The van der Waals surface area contributed by atoms with Crippen molar-refractivity contribution in [1.82, 2.24) is 9.97 Å². The second-order valence-electron chi connectivity index (χ2n) is 4.32. The van der Waals surface area contributed by atoms with Crippen LogP contribution < -0.4 is 9.64 Å². The van der Waals surface area contributed by atoms with E-state index < -0.39 is 5.97 Å². The third-order valence-electron chi connectivity index (χ3n) is 2.97. The van der Waals surface area contributed by atoms with E-state index in [1.165, 1.54) is 7.11 Å². The number of hydrogen-bond acceptors (Lipinski definition) is 7. The van der Waals surface area contributed by atoms with Gasteiger partial charge in [-0.2, -0.15) is 4.98 Å². The van der Waals surface area contributed by atoms with Crippen molar-refractivity contribution < 1.29 is 19.0 Å². The average Bonchev–Trinajstić information content (AvgIpc) is 2.53. The van der Waals surface area contributed by atoms with Crippen LogP contribution in [0.4, 0.5) is 5.95 Å². The number of aryl methyl sites for hydroxylation is 1. The molecular formula is C13H19N3O4. The van der Waals surface area contributed by atoms with Crippen LogP contribution in [0.15, 0.2) is 6.07 Å². The van der Waals surface area contributed by atoms with Crippen molar-refractivity contribution in [2.75, 3.05) is 44.9 Å². The van der Waals surface area contributed by atoms with Gasteiger partial charge in [0.1, 0.15) is 0 Å². The molecule has 1 aliphatic heterocycles. The van der Waals surface area contributed by atoms with Crippen LogP contribution in [0.25, 0.3) is 0 Å². The van der Waals surface area contributed by atoms with Gasteiger partial charge in [0.05, 0.1) is 20.3 Å². The SMILES string of the molecule is CCc1cc(OCC(=O)OC)nc(N2CCOCC2)n1. The Bertz CT molecular complexity index is 461. The monoisotopic (exact) mass is 281 g/mol. The number of nitrogens with zero attached hydrogens (tertiary/aromatic N) is 3. The van der Waals surface area contributed by atoms with Crippen LogP contribution in [-0.4, -0.2) is 56.0 Å². The summed E-state index contributed by atoms with van der Waals surface area (Å²) in [6.45, 7) is 4.69. The number of rotatable bonds is 5. The fraction of sp³-hybridized carbons (Fsp3) is 0.615. The Balaban J connectivity index is 2.12. The summed E-state index contributed by atoms with van der Waals surface area (Å²) in [5.41, 5.74) is 0.876. The van der Waals surface area contributed by atoms with E-state index in [0.717, 1.165) is 25.2 Å². The van der Waals surface area contributed by atoms with E-state index in [1.54, 1.807) is 6.07 Å². The van der Waals surface area contributed by atoms with Crippen molar-refractivity contribution in [2.24, 2.45) is 0 Å². The van der Waals surface area contributed by atoms with Crippen LogP contribution in [0.5, 0.6) is 5.88 Å². The van der Waals surface area contributed by atoms with Gasteiger partial charge in [0.25, 0.3) is 0 Å². The molecule has 7 nitrogen and oxygen atoms in total. The molecule has 0 bridgehead atoms. The summed E-state index contributed by atoms with van der Waals surface area (Å²) in [6, 6.07) is 1.74. The second-order valence-corrected chi connectivity index (χ2v) is 4.32. The molecule has 0 atom stereocenters. The van der Waals surface area contributed by atoms with Crippen LogP contribution in [-0.2, 0) is 20.7 Å². The number of anilines is 1. The predicted octanol–water partition coefficient (Wildman–Crippen LogP) is 0.427. The Morgan fingerprint density at radius 2 is 2.15 bits per heavy atom. The molecule has 1 aromatic heterocycles. The number of esters is 1. The molecule has 0 saturated carbocycles. The van der Waals surface area contributed by atoms with Crippen molar-refractivity contribution in [3.05, 3.63) is 11.8 Å². The number of morpholine rings is 1. The number of hydrogen-bond donors (Lipinski definition) is 0. The van der Waals surface area contributed by atoms with Gasteiger partial charge in [-0.1, -0.05) is 6.92 Å². The molecule has 2 heterocycles. The lowest BCUT2D eigenvalue weighted by Gasteiger charge is -2.27. The summed E-state index contributed by atoms with van der Waals surface area (Å²) in [5, 5.41) is 0. The van der Waals surface area contributed by atoms with Crippen LogP contribution in [0.1, 0.15) is 12.6 Å². The predicted molar refractivity (Wildman–Crippen MR) is 72.0 cm³/mol. The maximum atomic E-state index is 11.1. The number of carbonyl (C=O) groups is 1. The van der Waals surface area contributed by atoms with Crippen molar-refractivity contribution in [3.63, 3.8) is 0 Å². The third-order valence-corrected chi connectivity index (χ3v) is 2.97. The molecule has 1 aromatic rings. The molecule has 1 fully saturated rings. The first-order valence-corrected chi connectivity index (χ1v) is 6.63. The Morgan fingerprint density at radius 3 is 2.80 bits per heavy atom. The maximum absolute atomic E-state index is 11.1. The summed E-state index contributed by atoms with van der Waals surface area (Å²) in [4.78, 5) is 22.0. The highest BCUT2D eigenvalue weighted by molar-refractivity contribution is 5.70. The van der Waals surface area contributed by atoms with Crippen molar-refractivity contribution in [1.29, 1.82) is 0 Å². The van der Waals surface area contributed by atoms with Gasteiger partial charge in [-0.3, -0.25) is 0 Å². The highest BCUT2D eigenvalue weighted by Gasteiger charge is 2.16. The van der Waals surface area contributed by atoms with Crippen LogP contribution in [0.3, 0.4) is 0 Å². The summed E-state index contributed by atoms with van der Waals surface area (Å²) in [7, 11) is 1.32. The lowest BCUT2D eigenvalue weighted by molar-refractivity contribution is -0.143. The van der Waals surface area contributed by atoms with E-state index in [4.69, 9.17) is 9.47 Å². The molecule has 0 N–H and O–H groups in total. The molecule has 20 heavy (non-hydrogen) atoms. The molecule has 110 valence electrons. The number of carbonyl (C=O) groups excluding carboxylic acids is 1. The number of ether oxygens (including phenoxy) is 3. The number of methoxy groups -OCH3 is 1. The zero-order chi connectivity index (χ0) is 14.4. The average molecular weight is 281 g/mol. The fourth-order valence-electron chi connectivity index (χ4n) is 1.81. The van der Waals surface area contributed by atoms with E-state index in [9.17, 15) is 4.79 Å². The summed E-state index contributed by atoms with van der Waals surface area (Å²) < 4.78 is 15.2. The molecule has 0 amide bonds. The van der Waals surface area contributed by atoms with Gasteiger partial charge in [-0.15, -0.1) is 0 Å². The lowest BCUT2D eigenvalue weighted by atomic mass is 10.3.